The molecule has 1 heterocycles. The summed E-state index contributed by atoms with van der Waals surface area (Å²) < 4.78 is 30.1. The van der Waals surface area contributed by atoms with Crippen molar-refractivity contribution in [1.29, 1.82) is 0 Å². The van der Waals surface area contributed by atoms with E-state index in [1.54, 1.807) is 0 Å². The van der Waals surface area contributed by atoms with Crippen molar-refractivity contribution in [3.8, 4) is 0 Å². The molecule has 0 aliphatic rings. The molecule has 0 N–H and O–H groups in total. The van der Waals surface area contributed by atoms with E-state index in [1.165, 1.54) is 17.3 Å². The van der Waals surface area contributed by atoms with Gasteiger partial charge in [0.25, 0.3) is 5.22 Å². The van der Waals surface area contributed by atoms with Crippen LogP contribution in [0.4, 0.5) is 0 Å². The quantitative estimate of drug-likeness (QED) is 0.346. The highest BCUT2D eigenvalue weighted by molar-refractivity contribution is 8.05. The Morgan fingerprint density at radius 2 is 1.64 bits per heavy atom. The summed E-state index contributed by atoms with van der Waals surface area (Å²) in [6.45, 7) is 19.2. The van der Waals surface area contributed by atoms with Gasteiger partial charge in [0.2, 0.25) is 0 Å². The Morgan fingerprint density at radius 1 is 1.07 bits per heavy atom. The molecule has 2 aromatic rings. The van der Waals surface area contributed by atoms with E-state index in [0.29, 0.717) is 18.4 Å². The molecule has 0 bridgehead atoms. The monoisotopic (exact) mass is 427 g/mol. The Labute approximate surface area is 173 Å². The van der Waals surface area contributed by atoms with Crippen LogP contribution in [0.3, 0.4) is 0 Å². The van der Waals surface area contributed by atoms with Crippen LogP contribution in [0.5, 0.6) is 0 Å². The van der Waals surface area contributed by atoms with Crippen LogP contribution in [0.2, 0.25) is 0 Å². The van der Waals surface area contributed by atoms with Crippen LogP contribution in [0, 0.1) is 0 Å². The zero-order valence-corrected chi connectivity index (χ0v) is 20.3. The van der Waals surface area contributed by atoms with E-state index in [4.69, 9.17) is 18.4 Å². The summed E-state index contributed by atoms with van der Waals surface area (Å²) in [5, 5.41) is 0.485. The summed E-state index contributed by atoms with van der Waals surface area (Å²) in [4.78, 5) is 4.28. The first-order valence-corrected chi connectivity index (χ1v) is 12.3. The van der Waals surface area contributed by atoms with Gasteiger partial charge in [0.15, 0.2) is 5.58 Å². The third kappa shape index (κ3) is 5.21. The van der Waals surface area contributed by atoms with Gasteiger partial charge in [-0.25, -0.2) is 4.98 Å². The number of aromatic nitrogens is 1. The molecule has 7 heteroatoms. The van der Waals surface area contributed by atoms with Crippen LogP contribution in [-0.2, 0) is 24.4 Å². The average molecular weight is 428 g/mol. The van der Waals surface area contributed by atoms with Gasteiger partial charge in [-0.3, -0.25) is 4.57 Å². The molecule has 0 fully saturated rings. The SMILES string of the molecule is CCOP(=O)(OCC)C(C)Sc1nc2cc(C(C)(C)C)cc(C(C)(C)C)c2o1. The second-order valence-corrected chi connectivity index (χ2v) is 13.0. The van der Waals surface area contributed by atoms with Crippen molar-refractivity contribution in [2.75, 3.05) is 13.2 Å². The topological polar surface area (TPSA) is 61.6 Å². The fourth-order valence-electron chi connectivity index (χ4n) is 2.87. The van der Waals surface area contributed by atoms with E-state index in [-0.39, 0.29) is 10.8 Å². The van der Waals surface area contributed by atoms with Gasteiger partial charge in [-0.2, -0.15) is 0 Å². The summed E-state index contributed by atoms with van der Waals surface area (Å²) in [5.74, 6) is 0. The van der Waals surface area contributed by atoms with Gasteiger partial charge in [-0.15, -0.1) is 0 Å². The Hall–Kier alpha value is -0.810. The molecular formula is C21H34NO4PS. The first-order valence-electron chi connectivity index (χ1n) is 9.82. The zero-order valence-electron chi connectivity index (χ0n) is 18.6. The first-order chi connectivity index (χ1) is 12.8. The summed E-state index contributed by atoms with van der Waals surface area (Å²) in [6, 6.07) is 4.31. The van der Waals surface area contributed by atoms with Crippen molar-refractivity contribution >= 4 is 30.5 Å². The predicted molar refractivity (Wildman–Crippen MR) is 118 cm³/mol. The Bertz CT molecular complexity index is 854. The molecular weight excluding hydrogens is 393 g/mol. The lowest BCUT2D eigenvalue weighted by molar-refractivity contribution is 0.219. The van der Waals surface area contributed by atoms with Crippen molar-refractivity contribution in [3.63, 3.8) is 0 Å². The Balaban J connectivity index is 2.49. The Morgan fingerprint density at radius 3 is 2.11 bits per heavy atom. The van der Waals surface area contributed by atoms with Crippen LogP contribution in [-0.4, -0.2) is 23.2 Å². The maximum atomic E-state index is 13.0. The minimum atomic E-state index is -3.24. The van der Waals surface area contributed by atoms with E-state index >= 15 is 0 Å². The first kappa shape index (κ1) is 23.5. The number of rotatable bonds is 7. The number of benzene rings is 1. The van der Waals surface area contributed by atoms with Gasteiger partial charge >= 0.3 is 7.60 Å². The summed E-state index contributed by atoms with van der Waals surface area (Å²) >= 11 is 1.30. The highest BCUT2D eigenvalue weighted by Crippen LogP contribution is 2.58. The van der Waals surface area contributed by atoms with E-state index in [2.05, 4.69) is 53.7 Å². The highest BCUT2D eigenvalue weighted by atomic mass is 32.2. The van der Waals surface area contributed by atoms with Gasteiger partial charge in [-0.1, -0.05) is 59.4 Å². The van der Waals surface area contributed by atoms with Crippen molar-refractivity contribution in [3.05, 3.63) is 23.3 Å². The average Bonchev–Trinajstić information content (AvgIpc) is 2.94. The molecule has 28 heavy (non-hydrogen) atoms. The predicted octanol–water partition coefficient (Wildman–Crippen LogP) is 7.13. The molecule has 0 aliphatic heterocycles. The van der Waals surface area contributed by atoms with Gasteiger partial charge in [0, 0.05) is 5.56 Å². The van der Waals surface area contributed by atoms with E-state index in [1.807, 2.05) is 20.8 Å². The number of hydrogen-bond acceptors (Lipinski definition) is 6. The smallest absolute Gasteiger partial charge is 0.343 e. The maximum Gasteiger partial charge on any atom is 0.343 e. The maximum absolute atomic E-state index is 13.0. The fraction of sp³-hybridized carbons (Fsp3) is 0.667. The molecule has 158 valence electrons. The van der Waals surface area contributed by atoms with Crippen LogP contribution < -0.4 is 0 Å². The zero-order chi connectivity index (χ0) is 21.3. The third-order valence-electron chi connectivity index (χ3n) is 4.48. The van der Waals surface area contributed by atoms with Gasteiger partial charge in [0.1, 0.15) is 10.5 Å². The van der Waals surface area contributed by atoms with Crippen LogP contribution in [0.25, 0.3) is 11.1 Å². The molecule has 2 rings (SSSR count). The Kier molecular flexibility index (Phi) is 7.13. The van der Waals surface area contributed by atoms with Crippen LogP contribution in [0.15, 0.2) is 21.8 Å². The summed E-state index contributed by atoms with van der Waals surface area (Å²) in [6.07, 6.45) is 0. The van der Waals surface area contributed by atoms with Crippen molar-refractivity contribution < 1.29 is 18.0 Å². The lowest BCUT2D eigenvalue weighted by Crippen LogP contribution is -2.16. The normalized spacial score (nSPS) is 14.6. The molecule has 0 aliphatic carbocycles. The highest BCUT2D eigenvalue weighted by Gasteiger charge is 2.34. The van der Waals surface area contributed by atoms with E-state index in [9.17, 15) is 4.57 Å². The van der Waals surface area contributed by atoms with Crippen molar-refractivity contribution in [1.82, 2.24) is 4.98 Å². The molecule has 1 unspecified atom stereocenters. The lowest BCUT2D eigenvalue weighted by atomic mass is 9.80. The lowest BCUT2D eigenvalue weighted by Gasteiger charge is -2.24. The number of hydrogen-bond donors (Lipinski definition) is 0. The molecule has 0 saturated carbocycles. The molecule has 1 aromatic carbocycles. The van der Waals surface area contributed by atoms with Crippen molar-refractivity contribution in [2.24, 2.45) is 0 Å². The summed E-state index contributed by atoms with van der Waals surface area (Å²) in [5.41, 5.74) is 3.88. The number of fused-ring (bicyclic) bond motifs is 1. The largest absolute Gasteiger partial charge is 0.431 e. The second-order valence-electron chi connectivity index (χ2n) is 8.94. The second kappa shape index (κ2) is 8.51. The van der Waals surface area contributed by atoms with Crippen molar-refractivity contribution in [2.45, 2.75) is 83.4 Å². The summed E-state index contributed by atoms with van der Waals surface area (Å²) in [7, 11) is -3.24. The van der Waals surface area contributed by atoms with E-state index < -0.39 is 12.6 Å². The molecule has 5 nitrogen and oxygen atoms in total. The third-order valence-corrected chi connectivity index (χ3v) is 8.41. The standard InChI is InChI=1S/C21H34NO4PS/c1-10-24-27(23,25-11-2)14(3)28-19-22-17-13-15(20(4,5)6)12-16(18(17)26-19)21(7,8)9/h12-14H,10-11H2,1-9H3. The van der Waals surface area contributed by atoms with Crippen LogP contribution in [0.1, 0.15) is 73.4 Å². The molecule has 1 atom stereocenters. The minimum absolute atomic E-state index is 0.00731. The molecule has 0 saturated heterocycles. The molecule has 0 spiro atoms. The molecule has 0 radical (unpaired) electrons. The molecule has 0 amide bonds. The van der Waals surface area contributed by atoms with Crippen LogP contribution >= 0.6 is 19.4 Å². The molecule has 1 aromatic heterocycles. The van der Waals surface area contributed by atoms with Gasteiger partial charge in [-0.05, 0) is 43.2 Å². The number of oxazole rings is 1. The van der Waals surface area contributed by atoms with Gasteiger partial charge in [0.05, 0.1) is 13.2 Å². The number of thioether (sulfide) groups is 1. The fourth-order valence-corrected chi connectivity index (χ4v) is 5.81. The number of nitrogens with zero attached hydrogens (tertiary/aromatic N) is 1. The van der Waals surface area contributed by atoms with Gasteiger partial charge < -0.3 is 13.5 Å². The van der Waals surface area contributed by atoms with E-state index in [0.717, 1.165) is 16.7 Å². The minimum Gasteiger partial charge on any atom is -0.431 e.